The van der Waals surface area contributed by atoms with E-state index in [-0.39, 0.29) is 23.3 Å². The zero-order valence-corrected chi connectivity index (χ0v) is 18.6. The van der Waals surface area contributed by atoms with Crippen LogP contribution in [0.4, 0.5) is 0 Å². The molecule has 2 atom stereocenters. The minimum atomic E-state index is -2.95. The number of methoxy groups -OCH3 is 1. The van der Waals surface area contributed by atoms with Crippen LogP contribution in [0.15, 0.2) is 18.2 Å². The molecule has 0 amide bonds. The van der Waals surface area contributed by atoms with Crippen molar-refractivity contribution < 1.29 is 22.8 Å². The van der Waals surface area contributed by atoms with Gasteiger partial charge >= 0.3 is 0 Å². The predicted octanol–water partition coefficient (Wildman–Crippen LogP) is 1.29. The van der Waals surface area contributed by atoms with E-state index < -0.39 is 9.84 Å². The molecule has 1 aromatic carbocycles. The molecular formula is C21H30N3O4S+. The molecule has 0 radical (unpaired) electrons. The number of aryl methyl sites for hydroxylation is 1. The molecule has 0 spiro atoms. The van der Waals surface area contributed by atoms with Gasteiger partial charge in [0.1, 0.15) is 18.8 Å². The molecule has 1 fully saturated rings. The number of nitrogens with zero attached hydrogens (tertiary/aromatic N) is 2. The topological polar surface area (TPSA) is 82.7 Å². The van der Waals surface area contributed by atoms with E-state index in [4.69, 9.17) is 4.74 Å². The lowest BCUT2D eigenvalue weighted by Gasteiger charge is -2.17. The summed E-state index contributed by atoms with van der Waals surface area (Å²) in [6.45, 7) is 7.01. The summed E-state index contributed by atoms with van der Waals surface area (Å²) in [5.41, 5.74) is 4.79. The summed E-state index contributed by atoms with van der Waals surface area (Å²) in [5.74, 6) is 1.22. The van der Waals surface area contributed by atoms with Crippen LogP contribution in [0.5, 0.6) is 5.75 Å². The number of nitrogens with one attached hydrogen (secondary N) is 1. The van der Waals surface area contributed by atoms with E-state index in [2.05, 4.69) is 12.1 Å². The molecule has 7 nitrogen and oxygen atoms in total. The first-order chi connectivity index (χ1) is 13.6. The molecule has 2 aromatic rings. The Bertz CT molecular complexity index is 1030. The van der Waals surface area contributed by atoms with Crippen molar-refractivity contribution in [2.75, 3.05) is 25.7 Å². The lowest BCUT2D eigenvalue weighted by atomic mass is 10.1. The largest absolute Gasteiger partial charge is 0.496 e. The molecule has 1 aliphatic heterocycles. The molecule has 29 heavy (non-hydrogen) atoms. The molecule has 3 rings (SSSR count). The van der Waals surface area contributed by atoms with E-state index in [1.807, 2.05) is 30.7 Å². The van der Waals surface area contributed by atoms with Crippen molar-refractivity contribution >= 4 is 15.6 Å². The normalized spacial score (nSPS) is 19.3. The first kappa shape index (κ1) is 21.5. The summed E-state index contributed by atoms with van der Waals surface area (Å²) in [6, 6.07) is 5.46. The number of hydrogen-bond acceptors (Lipinski definition) is 5. The number of rotatable bonds is 7. The highest BCUT2D eigenvalue weighted by Crippen LogP contribution is 2.26. The average molecular weight is 421 g/mol. The molecule has 1 unspecified atom stereocenters. The standard InChI is InChI=1S/C21H29N3O4S/c1-14-20(15(2)24(22-14)19-8-9-29(26,27)13-19)12-23(4)11-18-10-17(16(3)25)6-7-21(18)28-5/h6-7,10,19H,8-9,11-13H2,1-5H3/p+1/t19-/m0/s1. The van der Waals surface area contributed by atoms with E-state index in [9.17, 15) is 13.2 Å². The van der Waals surface area contributed by atoms with Crippen molar-refractivity contribution in [3.8, 4) is 5.75 Å². The van der Waals surface area contributed by atoms with Crippen LogP contribution in [0.3, 0.4) is 0 Å². The number of sulfone groups is 1. The summed E-state index contributed by atoms with van der Waals surface area (Å²) >= 11 is 0. The fourth-order valence-electron chi connectivity index (χ4n) is 4.10. The number of carbonyl (C=O) groups is 1. The Morgan fingerprint density at radius 3 is 2.62 bits per heavy atom. The van der Waals surface area contributed by atoms with Gasteiger partial charge in [-0.25, -0.2) is 8.42 Å². The number of hydrogen-bond donors (Lipinski definition) is 1. The Morgan fingerprint density at radius 2 is 2.03 bits per heavy atom. The first-order valence-corrected chi connectivity index (χ1v) is 11.7. The molecule has 1 N–H and O–H groups in total. The predicted molar refractivity (Wildman–Crippen MR) is 111 cm³/mol. The number of ether oxygens (including phenoxy) is 1. The van der Waals surface area contributed by atoms with Crippen LogP contribution < -0.4 is 9.64 Å². The molecular weight excluding hydrogens is 390 g/mol. The van der Waals surface area contributed by atoms with Crippen molar-refractivity contribution in [3.05, 3.63) is 46.3 Å². The second-order valence-electron chi connectivity index (χ2n) is 8.04. The summed E-state index contributed by atoms with van der Waals surface area (Å²) in [7, 11) is 0.774. The number of aromatic nitrogens is 2. The summed E-state index contributed by atoms with van der Waals surface area (Å²) in [6.07, 6.45) is 0.626. The van der Waals surface area contributed by atoms with Crippen molar-refractivity contribution in [1.29, 1.82) is 0 Å². The highest BCUT2D eigenvalue weighted by atomic mass is 32.2. The monoisotopic (exact) mass is 420 g/mol. The van der Waals surface area contributed by atoms with Crippen LogP contribution in [0.25, 0.3) is 0 Å². The average Bonchev–Trinajstić information content (AvgIpc) is 3.15. The Morgan fingerprint density at radius 1 is 1.31 bits per heavy atom. The quantitative estimate of drug-likeness (QED) is 0.683. The molecule has 1 aliphatic rings. The minimum Gasteiger partial charge on any atom is -0.496 e. The van der Waals surface area contributed by atoms with Crippen LogP contribution in [0.2, 0.25) is 0 Å². The lowest BCUT2D eigenvalue weighted by Crippen LogP contribution is -3.06. The Hall–Kier alpha value is -2.19. The maximum atomic E-state index is 11.9. The Labute approximate surface area is 172 Å². The number of ketones is 1. The van der Waals surface area contributed by atoms with Gasteiger partial charge < -0.3 is 9.64 Å². The molecule has 1 aromatic heterocycles. The van der Waals surface area contributed by atoms with Crippen LogP contribution in [0.1, 0.15) is 52.3 Å². The van der Waals surface area contributed by atoms with E-state index in [0.29, 0.717) is 18.5 Å². The van der Waals surface area contributed by atoms with E-state index in [1.165, 1.54) is 4.90 Å². The third-order valence-corrected chi connectivity index (χ3v) is 7.44. The lowest BCUT2D eigenvalue weighted by molar-refractivity contribution is -0.907. The van der Waals surface area contributed by atoms with Crippen LogP contribution in [0, 0.1) is 13.8 Å². The summed E-state index contributed by atoms with van der Waals surface area (Å²) in [5, 5.41) is 4.66. The molecule has 8 heteroatoms. The SMILES string of the molecule is COc1ccc(C(C)=O)cc1C[NH+](C)Cc1c(C)nn([C@H]2CCS(=O)(=O)C2)c1C. The van der Waals surface area contributed by atoms with Crippen molar-refractivity contribution in [2.24, 2.45) is 0 Å². The Balaban J connectivity index is 1.79. The molecule has 0 bridgehead atoms. The van der Waals surface area contributed by atoms with Gasteiger partial charge in [-0.05, 0) is 45.4 Å². The van der Waals surface area contributed by atoms with Gasteiger partial charge in [-0.15, -0.1) is 0 Å². The van der Waals surface area contributed by atoms with Crippen molar-refractivity contribution in [2.45, 2.75) is 46.3 Å². The molecule has 0 aliphatic carbocycles. The number of Topliss-reactive ketones (excluding diaryl/α,β-unsaturated/α-hetero) is 1. The molecule has 158 valence electrons. The van der Waals surface area contributed by atoms with Gasteiger partial charge in [-0.2, -0.15) is 5.10 Å². The first-order valence-electron chi connectivity index (χ1n) is 9.85. The third-order valence-electron chi connectivity index (χ3n) is 5.69. The summed E-state index contributed by atoms with van der Waals surface area (Å²) in [4.78, 5) is 13.0. The van der Waals surface area contributed by atoms with Gasteiger partial charge in [0.25, 0.3) is 0 Å². The van der Waals surface area contributed by atoms with Gasteiger partial charge in [0.15, 0.2) is 15.6 Å². The molecule has 2 heterocycles. The molecule has 1 saturated heterocycles. The van der Waals surface area contributed by atoms with Gasteiger partial charge in [0, 0.05) is 16.8 Å². The zero-order valence-electron chi connectivity index (χ0n) is 17.8. The van der Waals surface area contributed by atoms with E-state index in [1.54, 1.807) is 20.1 Å². The maximum absolute atomic E-state index is 11.9. The third kappa shape index (κ3) is 4.70. The van der Waals surface area contributed by atoms with Crippen molar-refractivity contribution in [3.63, 3.8) is 0 Å². The van der Waals surface area contributed by atoms with E-state index in [0.717, 1.165) is 34.8 Å². The second-order valence-corrected chi connectivity index (χ2v) is 10.3. The maximum Gasteiger partial charge on any atom is 0.159 e. The summed E-state index contributed by atoms with van der Waals surface area (Å²) < 4.78 is 31.1. The van der Waals surface area contributed by atoms with Crippen LogP contribution >= 0.6 is 0 Å². The number of quaternary nitrogens is 1. The fourth-order valence-corrected chi connectivity index (χ4v) is 5.79. The number of carbonyl (C=O) groups excluding carboxylic acids is 1. The minimum absolute atomic E-state index is 0.0334. The van der Waals surface area contributed by atoms with Gasteiger partial charge in [-0.3, -0.25) is 9.48 Å². The number of benzene rings is 1. The molecule has 0 saturated carbocycles. The smallest absolute Gasteiger partial charge is 0.159 e. The van der Waals surface area contributed by atoms with Crippen LogP contribution in [-0.4, -0.2) is 49.6 Å². The fraction of sp³-hybridized carbons (Fsp3) is 0.524. The highest BCUT2D eigenvalue weighted by Gasteiger charge is 2.31. The Kier molecular flexibility index (Phi) is 6.14. The van der Waals surface area contributed by atoms with E-state index >= 15 is 0 Å². The van der Waals surface area contributed by atoms with Crippen LogP contribution in [-0.2, 0) is 22.9 Å². The van der Waals surface area contributed by atoms with Gasteiger partial charge in [0.2, 0.25) is 0 Å². The highest BCUT2D eigenvalue weighted by molar-refractivity contribution is 7.91. The van der Waals surface area contributed by atoms with Crippen molar-refractivity contribution in [1.82, 2.24) is 9.78 Å². The zero-order chi connectivity index (χ0) is 21.3. The van der Waals surface area contributed by atoms with Gasteiger partial charge in [0.05, 0.1) is 43.0 Å². The second kappa shape index (κ2) is 8.28. The van der Waals surface area contributed by atoms with Gasteiger partial charge in [-0.1, -0.05) is 0 Å².